The maximum Gasteiger partial charge on any atom is 0.303 e. The lowest BCUT2D eigenvalue weighted by Crippen LogP contribution is -2.36. The van der Waals surface area contributed by atoms with Crippen LogP contribution in [0.3, 0.4) is 0 Å². The molecule has 2 aromatic carbocycles. The van der Waals surface area contributed by atoms with Crippen LogP contribution in [0.15, 0.2) is 48.5 Å². The Morgan fingerprint density at radius 3 is 2.52 bits per heavy atom. The van der Waals surface area contributed by atoms with E-state index in [4.69, 9.17) is 11.2 Å². The largest absolute Gasteiger partial charge is 0.493 e. The van der Waals surface area contributed by atoms with Crippen molar-refractivity contribution in [2.45, 2.75) is 64.9 Å². The lowest BCUT2D eigenvalue weighted by molar-refractivity contribution is -0.137. The molecule has 1 aliphatic carbocycles. The number of amides is 1. The minimum absolute atomic E-state index is 0.158. The van der Waals surface area contributed by atoms with E-state index in [1.54, 1.807) is 17.0 Å². The number of carboxylic acid groups (broad SMARTS) is 1. The molecule has 1 fully saturated rings. The molecule has 5 heteroatoms. The van der Waals surface area contributed by atoms with Crippen molar-refractivity contribution in [3.63, 3.8) is 0 Å². The molecule has 5 nitrogen and oxygen atoms in total. The highest BCUT2D eigenvalue weighted by molar-refractivity contribution is 5.94. The first-order valence-corrected chi connectivity index (χ1v) is 11.7. The zero-order chi connectivity index (χ0) is 24.5. The fourth-order valence-electron chi connectivity index (χ4n) is 3.31. The van der Waals surface area contributed by atoms with Crippen molar-refractivity contribution < 1.29 is 20.8 Å². The molecule has 1 atom stereocenters. The van der Waals surface area contributed by atoms with Gasteiger partial charge in [-0.2, -0.15) is 0 Å². The molecule has 0 radical (unpaired) electrons. The van der Waals surface area contributed by atoms with Gasteiger partial charge < -0.3 is 14.7 Å². The molecule has 174 valence electrons. The van der Waals surface area contributed by atoms with Crippen LogP contribution in [-0.2, 0) is 11.3 Å². The molecule has 1 aliphatic rings. The summed E-state index contributed by atoms with van der Waals surface area (Å²) in [5.74, 6) is 6.49. The highest BCUT2D eigenvalue weighted by Crippen LogP contribution is 2.27. The molecule has 3 rings (SSSR count). The standard InChI is InChI=1S/C28H33NO4/c1-21(2)29(28(32)24-17-15-23(16-18-24)14-13-22-11-12-22)20-25-8-5-6-9-26(25)33-19-7-3-4-10-27(30)31/h5-6,8-9,15-18,21-22H,3-4,7,10-12,19-20H2,1-2H3,(H,30,31)/i20D. The van der Waals surface area contributed by atoms with Crippen molar-refractivity contribution in [1.29, 1.82) is 0 Å². The number of hydrogen-bond donors (Lipinski definition) is 1. The summed E-state index contributed by atoms with van der Waals surface area (Å²) in [6, 6.07) is 14.4. The van der Waals surface area contributed by atoms with E-state index in [-0.39, 0.29) is 18.4 Å². The molecule has 2 aromatic rings. The van der Waals surface area contributed by atoms with Gasteiger partial charge in [0.05, 0.1) is 7.98 Å². The molecule has 0 saturated heterocycles. The monoisotopic (exact) mass is 448 g/mol. The van der Waals surface area contributed by atoms with E-state index in [0.29, 0.717) is 35.8 Å². The Bertz CT molecular complexity index is 1030. The van der Waals surface area contributed by atoms with Gasteiger partial charge in [-0.1, -0.05) is 30.0 Å². The Balaban J connectivity index is 1.68. The zero-order valence-corrected chi connectivity index (χ0v) is 19.4. The molecule has 0 heterocycles. The molecular formula is C28H33NO4. The van der Waals surface area contributed by atoms with Gasteiger partial charge in [0.1, 0.15) is 5.75 Å². The highest BCUT2D eigenvalue weighted by atomic mass is 16.5. The van der Waals surface area contributed by atoms with Crippen molar-refractivity contribution in [3.8, 4) is 17.6 Å². The van der Waals surface area contributed by atoms with Crippen LogP contribution >= 0.6 is 0 Å². The molecular weight excluding hydrogens is 414 g/mol. The van der Waals surface area contributed by atoms with Gasteiger partial charge in [-0.15, -0.1) is 0 Å². The molecule has 0 bridgehead atoms. The third-order valence-electron chi connectivity index (χ3n) is 5.41. The Morgan fingerprint density at radius 2 is 1.85 bits per heavy atom. The van der Waals surface area contributed by atoms with Gasteiger partial charge in [-0.3, -0.25) is 9.59 Å². The van der Waals surface area contributed by atoms with Crippen molar-refractivity contribution in [3.05, 3.63) is 65.2 Å². The number of ether oxygens (including phenoxy) is 1. The smallest absolute Gasteiger partial charge is 0.303 e. The van der Waals surface area contributed by atoms with Gasteiger partial charge in [-0.05, 0) is 76.3 Å². The number of carbonyl (C=O) groups is 2. The predicted octanol–water partition coefficient (Wildman–Crippen LogP) is 5.52. The van der Waals surface area contributed by atoms with E-state index in [1.165, 1.54) is 12.8 Å². The van der Waals surface area contributed by atoms with E-state index in [2.05, 4.69) is 11.8 Å². The maximum absolute atomic E-state index is 13.4. The van der Waals surface area contributed by atoms with Crippen LogP contribution in [0.25, 0.3) is 0 Å². The van der Waals surface area contributed by atoms with Crippen LogP contribution in [0.5, 0.6) is 5.75 Å². The zero-order valence-electron chi connectivity index (χ0n) is 20.4. The predicted molar refractivity (Wildman–Crippen MR) is 129 cm³/mol. The second-order valence-electron chi connectivity index (χ2n) is 8.65. The molecule has 1 saturated carbocycles. The van der Waals surface area contributed by atoms with E-state index < -0.39 is 12.5 Å². The molecule has 1 N–H and O–H groups in total. The van der Waals surface area contributed by atoms with Gasteiger partial charge in [0.2, 0.25) is 0 Å². The van der Waals surface area contributed by atoms with Crippen LogP contribution < -0.4 is 4.74 Å². The van der Waals surface area contributed by atoms with Gasteiger partial charge in [0.15, 0.2) is 0 Å². The van der Waals surface area contributed by atoms with Crippen LogP contribution in [0.2, 0.25) is 0 Å². The first kappa shape index (κ1) is 22.9. The second kappa shape index (κ2) is 12.1. The molecule has 33 heavy (non-hydrogen) atoms. The molecule has 0 aromatic heterocycles. The van der Waals surface area contributed by atoms with Gasteiger partial charge in [0, 0.05) is 41.6 Å². The van der Waals surface area contributed by atoms with Crippen molar-refractivity contribution in [1.82, 2.24) is 4.90 Å². The van der Waals surface area contributed by atoms with Gasteiger partial charge in [-0.25, -0.2) is 0 Å². The topological polar surface area (TPSA) is 66.8 Å². The minimum atomic E-state index is -0.926. The van der Waals surface area contributed by atoms with Crippen molar-refractivity contribution in [2.24, 2.45) is 5.92 Å². The van der Waals surface area contributed by atoms with Crippen LogP contribution in [0.1, 0.15) is 75.2 Å². The summed E-state index contributed by atoms with van der Waals surface area (Å²) in [5, 5.41) is 8.74. The Labute approximate surface area is 198 Å². The number of benzene rings is 2. The number of unbranched alkanes of at least 4 members (excludes halogenated alkanes) is 2. The van der Waals surface area contributed by atoms with Crippen molar-refractivity contribution in [2.75, 3.05) is 6.61 Å². The average Bonchev–Trinajstić information content (AvgIpc) is 3.65. The normalized spacial score (nSPS) is 14.1. The third-order valence-corrected chi connectivity index (χ3v) is 5.41. The average molecular weight is 449 g/mol. The summed E-state index contributed by atoms with van der Waals surface area (Å²) in [4.78, 5) is 25.6. The number of nitrogens with zero attached hydrogens (tertiary/aromatic N) is 1. The molecule has 0 aliphatic heterocycles. The van der Waals surface area contributed by atoms with Crippen LogP contribution in [-0.4, -0.2) is 34.5 Å². The van der Waals surface area contributed by atoms with Crippen LogP contribution in [0.4, 0.5) is 0 Å². The highest BCUT2D eigenvalue weighted by Gasteiger charge is 2.21. The fourth-order valence-corrected chi connectivity index (χ4v) is 3.31. The number of rotatable bonds is 11. The number of hydrogen-bond acceptors (Lipinski definition) is 3. The Morgan fingerprint density at radius 1 is 1.12 bits per heavy atom. The Kier molecular flexibility index (Phi) is 8.41. The summed E-state index contributed by atoms with van der Waals surface area (Å²) < 4.78 is 14.8. The quantitative estimate of drug-likeness (QED) is 0.363. The molecule has 0 spiro atoms. The van der Waals surface area contributed by atoms with Gasteiger partial charge in [0.25, 0.3) is 5.91 Å². The second-order valence-corrected chi connectivity index (χ2v) is 8.65. The first-order chi connectivity index (χ1) is 16.4. The SMILES string of the molecule is [2H]C(c1ccccc1OCCCCCC(=O)O)N(C(=O)c1ccc(C#CC2CC2)cc1)C(C)C. The number of carbonyl (C=O) groups excluding carboxylic acids is 1. The Hall–Kier alpha value is -3.26. The maximum atomic E-state index is 13.4. The lowest BCUT2D eigenvalue weighted by atomic mass is 10.1. The van der Waals surface area contributed by atoms with E-state index >= 15 is 0 Å². The van der Waals surface area contributed by atoms with Crippen LogP contribution in [0, 0.1) is 17.8 Å². The number of para-hydroxylation sites is 1. The summed E-state index contributed by atoms with van der Waals surface area (Å²) in [6.07, 6.45) is 4.61. The van der Waals surface area contributed by atoms with E-state index in [9.17, 15) is 9.59 Å². The third kappa shape index (κ3) is 7.98. The molecule has 1 unspecified atom stereocenters. The first-order valence-electron chi connectivity index (χ1n) is 12.2. The summed E-state index contributed by atoms with van der Waals surface area (Å²) >= 11 is 0. The number of aliphatic carboxylic acids is 1. The molecule has 1 amide bonds. The summed E-state index contributed by atoms with van der Waals surface area (Å²) in [6.45, 7) is 3.31. The van der Waals surface area contributed by atoms with E-state index in [1.807, 2.05) is 50.2 Å². The van der Waals surface area contributed by atoms with Crippen molar-refractivity contribution >= 4 is 11.9 Å². The lowest BCUT2D eigenvalue weighted by Gasteiger charge is -2.28. The fraction of sp³-hybridized carbons (Fsp3) is 0.429. The minimum Gasteiger partial charge on any atom is -0.493 e. The van der Waals surface area contributed by atoms with E-state index in [0.717, 1.165) is 18.4 Å². The summed E-state index contributed by atoms with van der Waals surface area (Å²) in [7, 11) is 0. The summed E-state index contributed by atoms with van der Waals surface area (Å²) in [5.41, 5.74) is 2.05. The number of carboxylic acids is 1. The van der Waals surface area contributed by atoms with Gasteiger partial charge >= 0.3 is 5.97 Å².